The van der Waals surface area contributed by atoms with E-state index in [0.29, 0.717) is 51.5 Å². The highest BCUT2D eigenvalue weighted by molar-refractivity contribution is 7.99. The molecule has 0 atom stereocenters. The van der Waals surface area contributed by atoms with E-state index < -0.39 is 0 Å². The maximum absolute atomic E-state index is 13.2. The lowest BCUT2D eigenvalue weighted by Gasteiger charge is -2.19. The second kappa shape index (κ2) is 9.78. The summed E-state index contributed by atoms with van der Waals surface area (Å²) in [6.07, 6.45) is 0. The number of carbonyl (C=O) groups is 1. The molecule has 0 saturated carbocycles. The lowest BCUT2D eigenvalue weighted by atomic mass is 10.2. The van der Waals surface area contributed by atoms with E-state index >= 15 is 0 Å². The largest absolute Gasteiger partial charge is 0.496 e. The summed E-state index contributed by atoms with van der Waals surface area (Å²) in [7, 11) is 1.60. The summed E-state index contributed by atoms with van der Waals surface area (Å²) in [4.78, 5) is 30.6. The third-order valence-corrected chi connectivity index (χ3v) is 7.08. The highest BCUT2D eigenvalue weighted by atomic mass is 32.2. The maximum atomic E-state index is 13.2. The van der Waals surface area contributed by atoms with Gasteiger partial charge in [-0.05, 0) is 29.6 Å². The van der Waals surface area contributed by atoms with Crippen molar-refractivity contribution in [3.8, 4) is 17.2 Å². The van der Waals surface area contributed by atoms with E-state index in [2.05, 4.69) is 10.3 Å². The summed E-state index contributed by atoms with van der Waals surface area (Å²) in [5, 5.41) is 5.18. The lowest BCUT2D eigenvalue weighted by Crippen LogP contribution is -2.24. The van der Waals surface area contributed by atoms with Crippen LogP contribution in [0.3, 0.4) is 0 Å². The Morgan fingerprint density at radius 3 is 2.85 bits per heavy atom. The quantitative estimate of drug-likeness (QED) is 0.306. The van der Waals surface area contributed by atoms with Crippen molar-refractivity contribution in [1.29, 1.82) is 0 Å². The van der Waals surface area contributed by atoms with Crippen molar-refractivity contribution in [2.24, 2.45) is 0 Å². The van der Waals surface area contributed by atoms with Gasteiger partial charge >= 0.3 is 0 Å². The van der Waals surface area contributed by atoms with Gasteiger partial charge in [0.15, 0.2) is 16.7 Å². The van der Waals surface area contributed by atoms with E-state index in [4.69, 9.17) is 14.2 Å². The van der Waals surface area contributed by atoms with Crippen LogP contribution in [0, 0.1) is 0 Å². The maximum Gasteiger partial charge on any atom is 0.272 e. The number of methoxy groups -OCH3 is 1. The fourth-order valence-electron chi connectivity index (χ4n) is 3.63. The Labute approximate surface area is 203 Å². The zero-order chi connectivity index (χ0) is 23.5. The Bertz CT molecular complexity index is 1420. The number of ether oxygens (including phenoxy) is 3. The minimum atomic E-state index is -0.217. The molecule has 174 valence electrons. The molecule has 2 aromatic carbocycles. The number of thioether (sulfide) groups is 1. The molecule has 0 unspecified atom stereocenters. The van der Waals surface area contributed by atoms with Crippen molar-refractivity contribution in [1.82, 2.24) is 9.55 Å². The lowest BCUT2D eigenvalue weighted by molar-refractivity contribution is -0.113. The van der Waals surface area contributed by atoms with Crippen LogP contribution in [-0.4, -0.2) is 41.5 Å². The highest BCUT2D eigenvalue weighted by Gasteiger charge is 2.17. The third-order valence-electron chi connectivity index (χ3n) is 5.21. The number of hydrogen-bond donors (Lipinski definition) is 1. The van der Waals surface area contributed by atoms with Crippen molar-refractivity contribution >= 4 is 44.9 Å². The number of fused-ring (bicyclic) bond motifs is 2. The van der Waals surface area contributed by atoms with Gasteiger partial charge in [0.25, 0.3) is 5.56 Å². The van der Waals surface area contributed by atoms with Crippen LogP contribution in [0.25, 0.3) is 10.2 Å². The SMILES string of the molecule is COc1ccccc1Cn1c(SCC(=O)Nc2ccc3c(c2)OCCO3)nc2ccsc2c1=O. The van der Waals surface area contributed by atoms with Gasteiger partial charge in [-0.25, -0.2) is 4.98 Å². The minimum Gasteiger partial charge on any atom is -0.496 e. The van der Waals surface area contributed by atoms with Crippen LogP contribution in [-0.2, 0) is 11.3 Å². The van der Waals surface area contributed by atoms with Gasteiger partial charge in [-0.2, -0.15) is 0 Å². The Kier molecular flexibility index (Phi) is 6.41. The number of rotatable bonds is 7. The molecule has 8 nitrogen and oxygen atoms in total. The molecule has 1 amide bonds. The summed E-state index contributed by atoms with van der Waals surface area (Å²) in [5.41, 5.74) is 1.96. The molecule has 2 aromatic heterocycles. The second-order valence-corrected chi connectivity index (χ2v) is 9.29. The summed E-state index contributed by atoms with van der Waals surface area (Å²) in [6.45, 7) is 1.27. The Morgan fingerprint density at radius 2 is 2.00 bits per heavy atom. The number of amides is 1. The van der Waals surface area contributed by atoms with Gasteiger partial charge in [-0.15, -0.1) is 11.3 Å². The van der Waals surface area contributed by atoms with Crippen molar-refractivity contribution < 1.29 is 19.0 Å². The number of nitrogens with one attached hydrogen (secondary N) is 1. The molecule has 0 spiro atoms. The molecule has 0 bridgehead atoms. The molecule has 0 saturated heterocycles. The molecule has 1 aliphatic rings. The second-order valence-electron chi connectivity index (χ2n) is 7.43. The molecule has 10 heteroatoms. The molecule has 0 aliphatic carbocycles. The van der Waals surface area contributed by atoms with Gasteiger partial charge in [-0.1, -0.05) is 30.0 Å². The zero-order valence-electron chi connectivity index (χ0n) is 18.3. The topological polar surface area (TPSA) is 91.7 Å². The Balaban J connectivity index is 1.37. The first kappa shape index (κ1) is 22.3. The number of benzene rings is 2. The van der Waals surface area contributed by atoms with Crippen molar-refractivity contribution in [2.75, 3.05) is 31.4 Å². The average molecular weight is 496 g/mol. The fourth-order valence-corrected chi connectivity index (χ4v) is 5.20. The van der Waals surface area contributed by atoms with Gasteiger partial charge in [0.2, 0.25) is 5.91 Å². The standard InChI is InChI=1S/C24H21N3O5S2/c1-30-18-5-3-2-4-15(18)13-27-23(29)22-17(8-11-33-22)26-24(27)34-14-21(28)25-16-6-7-19-20(12-16)32-10-9-31-19/h2-8,11-12H,9-10,13-14H2,1H3,(H,25,28). The first-order valence-corrected chi connectivity index (χ1v) is 12.4. The molecule has 4 aromatic rings. The number of carbonyl (C=O) groups excluding carboxylic acids is 1. The fraction of sp³-hybridized carbons (Fsp3) is 0.208. The number of nitrogens with zero attached hydrogens (tertiary/aromatic N) is 2. The van der Waals surface area contributed by atoms with Crippen LogP contribution in [0.5, 0.6) is 17.2 Å². The summed E-state index contributed by atoms with van der Waals surface area (Å²) >= 11 is 2.57. The van der Waals surface area contributed by atoms with Gasteiger partial charge in [0.1, 0.15) is 23.7 Å². The minimum absolute atomic E-state index is 0.0858. The third kappa shape index (κ3) is 4.59. The Morgan fingerprint density at radius 1 is 1.18 bits per heavy atom. The molecule has 34 heavy (non-hydrogen) atoms. The van der Waals surface area contributed by atoms with Crippen LogP contribution < -0.4 is 25.1 Å². The summed E-state index contributed by atoms with van der Waals surface area (Å²) in [6, 6.07) is 14.6. The van der Waals surface area contributed by atoms with Crippen LogP contribution >= 0.6 is 23.1 Å². The molecule has 0 radical (unpaired) electrons. The molecule has 1 N–H and O–H groups in total. The first-order valence-electron chi connectivity index (χ1n) is 10.5. The highest BCUT2D eigenvalue weighted by Crippen LogP contribution is 2.32. The number of hydrogen-bond acceptors (Lipinski definition) is 8. The van der Waals surface area contributed by atoms with E-state index in [0.717, 1.165) is 5.56 Å². The Hall–Kier alpha value is -3.50. The van der Waals surface area contributed by atoms with E-state index in [1.807, 2.05) is 35.7 Å². The van der Waals surface area contributed by atoms with Gasteiger partial charge in [-0.3, -0.25) is 14.2 Å². The smallest absolute Gasteiger partial charge is 0.272 e. The molecular weight excluding hydrogens is 474 g/mol. The normalized spacial score (nSPS) is 12.5. The van der Waals surface area contributed by atoms with Gasteiger partial charge in [0, 0.05) is 17.3 Å². The molecular formula is C24H21N3O5S2. The number of anilines is 1. The van der Waals surface area contributed by atoms with Crippen molar-refractivity contribution in [3.63, 3.8) is 0 Å². The predicted octanol–water partition coefficient (Wildman–Crippen LogP) is 4.02. The van der Waals surface area contributed by atoms with Crippen LogP contribution in [0.4, 0.5) is 5.69 Å². The predicted molar refractivity (Wildman–Crippen MR) is 133 cm³/mol. The molecule has 1 aliphatic heterocycles. The van der Waals surface area contributed by atoms with E-state index in [1.165, 1.54) is 23.1 Å². The molecule has 3 heterocycles. The van der Waals surface area contributed by atoms with Crippen molar-refractivity contribution in [3.05, 3.63) is 69.8 Å². The number of para-hydroxylation sites is 1. The summed E-state index contributed by atoms with van der Waals surface area (Å²) < 4.78 is 18.7. The average Bonchev–Trinajstić information content (AvgIpc) is 3.34. The monoisotopic (exact) mass is 495 g/mol. The van der Waals surface area contributed by atoms with E-state index in [9.17, 15) is 9.59 Å². The van der Waals surface area contributed by atoms with E-state index in [-0.39, 0.29) is 23.8 Å². The molecule has 0 fully saturated rings. The summed E-state index contributed by atoms with van der Waals surface area (Å²) in [5.74, 6) is 1.82. The number of thiophene rings is 1. The van der Waals surface area contributed by atoms with E-state index in [1.54, 1.807) is 29.9 Å². The number of aromatic nitrogens is 2. The van der Waals surface area contributed by atoms with Crippen LogP contribution in [0.15, 0.2) is 63.9 Å². The molecule has 5 rings (SSSR count). The van der Waals surface area contributed by atoms with Gasteiger partial charge < -0.3 is 19.5 Å². The van der Waals surface area contributed by atoms with Crippen LogP contribution in [0.2, 0.25) is 0 Å². The first-order chi connectivity index (χ1) is 16.6. The van der Waals surface area contributed by atoms with Crippen molar-refractivity contribution in [2.45, 2.75) is 11.7 Å². The van der Waals surface area contributed by atoms with Gasteiger partial charge in [0.05, 0.1) is 24.9 Å². The zero-order valence-corrected chi connectivity index (χ0v) is 19.9. The van der Waals surface area contributed by atoms with Crippen LogP contribution in [0.1, 0.15) is 5.56 Å².